The van der Waals surface area contributed by atoms with Crippen molar-refractivity contribution in [3.05, 3.63) is 33.9 Å². The summed E-state index contributed by atoms with van der Waals surface area (Å²) >= 11 is 0. The van der Waals surface area contributed by atoms with Gasteiger partial charge >= 0.3 is 5.97 Å². The van der Waals surface area contributed by atoms with Crippen molar-refractivity contribution >= 4 is 11.6 Å². The number of carboxylic acids is 1. The van der Waals surface area contributed by atoms with E-state index < -0.39 is 5.97 Å². The maximum Gasteiger partial charge on any atom is 0.356 e. The topological polar surface area (TPSA) is 108 Å². The zero-order chi connectivity index (χ0) is 11.7. The molecule has 2 heterocycles. The van der Waals surface area contributed by atoms with Crippen LogP contribution in [0.25, 0.3) is 5.65 Å². The van der Waals surface area contributed by atoms with Crippen molar-refractivity contribution < 1.29 is 15.0 Å². The van der Waals surface area contributed by atoms with Gasteiger partial charge in [0.1, 0.15) is 5.65 Å². The molecule has 0 atom stereocenters. The van der Waals surface area contributed by atoms with Gasteiger partial charge in [-0.2, -0.15) is 5.10 Å². The highest BCUT2D eigenvalue weighted by Gasteiger charge is 2.10. The lowest BCUT2D eigenvalue weighted by Crippen LogP contribution is -2.15. The molecule has 7 nitrogen and oxygen atoms in total. The number of aliphatic hydroxyl groups excluding tert-OH is 1. The van der Waals surface area contributed by atoms with E-state index in [9.17, 15) is 9.59 Å². The highest BCUT2D eigenvalue weighted by atomic mass is 16.4. The average Bonchev–Trinajstić information content (AvgIpc) is 2.61. The number of aromatic nitrogens is 3. The summed E-state index contributed by atoms with van der Waals surface area (Å²) in [5, 5.41) is 21.2. The smallest absolute Gasteiger partial charge is 0.356 e. The molecule has 2 rings (SSSR count). The van der Waals surface area contributed by atoms with Crippen LogP contribution in [0.1, 0.15) is 16.1 Å². The van der Waals surface area contributed by atoms with Crippen LogP contribution in [0.15, 0.2) is 17.1 Å². The van der Waals surface area contributed by atoms with E-state index in [4.69, 9.17) is 10.2 Å². The van der Waals surface area contributed by atoms with Crippen molar-refractivity contribution in [3.63, 3.8) is 0 Å². The van der Waals surface area contributed by atoms with Crippen LogP contribution in [0.5, 0.6) is 0 Å². The fraction of sp³-hybridized carbons (Fsp3) is 0.222. The van der Waals surface area contributed by atoms with E-state index in [0.717, 1.165) is 0 Å². The Bertz CT molecular complexity index is 598. The van der Waals surface area contributed by atoms with Crippen molar-refractivity contribution in [2.45, 2.75) is 6.42 Å². The normalized spacial score (nSPS) is 10.8. The van der Waals surface area contributed by atoms with E-state index in [-0.39, 0.29) is 24.3 Å². The second-order valence-electron chi connectivity index (χ2n) is 3.25. The highest BCUT2D eigenvalue weighted by molar-refractivity contribution is 5.86. The molecule has 3 N–H and O–H groups in total. The Morgan fingerprint density at radius 2 is 2.31 bits per heavy atom. The molecule has 0 aliphatic rings. The van der Waals surface area contributed by atoms with Gasteiger partial charge in [0, 0.05) is 30.9 Å². The van der Waals surface area contributed by atoms with Crippen molar-refractivity contribution in [2.24, 2.45) is 0 Å². The second kappa shape index (κ2) is 3.78. The first-order valence-corrected chi connectivity index (χ1v) is 4.57. The number of nitrogens with zero attached hydrogens (tertiary/aromatic N) is 2. The fourth-order valence-electron chi connectivity index (χ4n) is 1.39. The number of hydrogen-bond acceptors (Lipinski definition) is 4. The molecule has 0 saturated carbocycles. The predicted octanol–water partition coefficient (Wildman–Crippen LogP) is -0.744. The van der Waals surface area contributed by atoms with Crippen molar-refractivity contribution in [1.29, 1.82) is 0 Å². The number of fused-ring (bicyclic) bond motifs is 1. The number of rotatable bonds is 3. The molecule has 84 valence electrons. The lowest BCUT2D eigenvalue weighted by Gasteiger charge is -1.97. The largest absolute Gasteiger partial charge is 0.476 e. The molecule has 0 aliphatic heterocycles. The van der Waals surface area contributed by atoms with Crippen LogP contribution < -0.4 is 5.56 Å². The molecule has 0 bridgehead atoms. The highest BCUT2D eigenvalue weighted by Crippen LogP contribution is 2.03. The Hall–Kier alpha value is -2.15. The van der Waals surface area contributed by atoms with Gasteiger partial charge in [0.25, 0.3) is 5.56 Å². The number of aliphatic hydroxyl groups is 1. The molecule has 0 aliphatic carbocycles. The van der Waals surface area contributed by atoms with E-state index in [1.54, 1.807) is 0 Å². The van der Waals surface area contributed by atoms with Crippen LogP contribution in [0.3, 0.4) is 0 Å². The third-order valence-electron chi connectivity index (χ3n) is 2.15. The molecule has 0 amide bonds. The molecule has 7 heteroatoms. The monoisotopic (exact) mass is 223 g/mol. The van der Waals surface area contributed by atoms with E-state index >= 15 is 0 Å². The van der Waals surface area contributed by atoms with Gasteiger partial charge in [-0.05, 0) is 0 Å². The first-order chi connectivity index (χ1) is 7.61. The van der Waals surface area contributed by atoms with Crippen LogP contribution in [-0.4, -0.2) is 37.4 Å². The molecule has 2 aromatic heterocycles. The summed E-state index contributed by atoms with van der Waals surface area (Å²) in [6, 6.07) is 1.27. The van der Waals surface area contributed by atoms with E-state index in [1.807, 2.05) is 0 Å². The Kier molecular flexibility index (Phi) is 2.45. The Morgan fingerprint density at radius 1 is 1.56 bits per heavy atom. The Labute approximate surface area is 89.0 Å². The predicted molar refractivity (Wildman–Crippen MR) is 53.6 cm³/mol. The van der Waals surface area contributed by atoms with Gasteiger partial charge in [0.15, 0.2) is 5.69 Å². The zero-order valence-corrected chi connectivity index (χ0v) is 8.17. The van der Waals surface area contributed by atoms with Crippen molar-refractivity contribution in [3.8, 4) is 0 Å². The molecule has 2 aromatic rings. The molecule has 0 spiro atoms. The molecule has 0 saturated heterocycles. The van der Waals surface area contributed by atoms with Crippen LogP contribution in [0, 0.1) is 0 Å². The van der Waals surface area contributed by atoms with Crippen molar-refractivity contribution in [2.75, 3.05) is 6.61 Å². The SMILES string of the molecule is O=C(O)c1cc2[nH]c(=O)c(CCO)cn2n1. The summed E-state index contributed by atoms with van der Waals surface area (Å²) < 4.78 is 1.27. The van der Waals surface area contributed by atoms with Gasteiger partial charge < -0.3 is 15.2 Å². The fourth-order valence-corrected chi connectivity index (χ4v) is 1.39. The molecule has 0 fully saturated rings. The van der Waals surface area contributed by atoms with Crippen molar-refractivity contribution in [1.82, 2.24) is 14.6 Å². The number of carbonyl (C=O) groups is 1. The van der Waals surface area contributed by atoms with Gasteiger partial charge in [0.05, 0.1) is 0 Å². The van der Waals surface area contributed by atoms with E-state index in [0.29, 0.717) is 11.2 Å². The summed E-state index contributed by atoms with van der Waals surface area (Å²) in [7, 11) is 0. The summed E-state index contributed by atoms with van der Waals surface area (Å²) in [4.78, 5) is 24.6. The van der Waals surface area contributed by atoms with Gasteiger partial charge in [-0.3, -0.25) is 4.79 Å². The molecule has 0 unspecified atom stereocenters. The number of H-pyrrole nitrogens is 1. The minimum Gasteiger partial charge on any atom is -0.476 e. The van der Waals surface area contributed by atoms with E-state index in [2.05, 4.69) is 10.1 Å². The first-order valence-electron chi connectivity index (χ1n) is 4.57. The van der Waals surface area contributed by atoms with Crippen LogP contribution in [0.4, 0.5) is 0 Å². The lowest BCUT2D eigenvalue weighted by atomic mass is 10.2. The van der Waals surface area contributed by atoms with Crippen LogP contribution in [-0.2, 0) is 6.42 Å². The van der Waals surface area contributed by atoms with E-state index in [1.165, 1.54) is 16.8 Å². The average molecular weight is 223 g/mol. The number of nitrogens with one attached hydrogen (secondary N) is 1. The third kappa shape index (κ3) is 1.68. The molecule has 0 radical (unpaired) electrons. The Morgan fingerprint density at radius 3 is 2.94 bits per heavy atom. The number of carboxylic acid groups (broad SMARTS) is 1. The molecular formula is C9H9N3O4. The summed E-state index contributed by atoms with van der Waals surface area (Å²) in [6.07, 6.45) is 1.62. The van der Waals surface area contributed by atoms with Gasteiger partial charge in [-0.25, -0.2) is 9.31 Å². The van der Waals surface area contributed by atoms with Gasteiger partial charge in [0.2, 0.25) is 0 Å². The maximum atomic E-state index is 11.4. The minimum atomic E-state index is -1.16. The maximum absolute atomic E-state index is 11.4. The Balaban J connectivity index is 2.61. The standard InChI is InChI=1S/C9H9N3O4/c13-2-1-5-4-12-7(10-8(5)14)3-6(11-12)9(15)16/h3-4,13H,1-2H2,(H,10,14)(H,15,16). The minimum absolute atomic E-state index is 0.142. The third-order valence-corrected chi connectivity index (χ3v) is 2.15. The number of aromatic amines is 1. The van der Waals surface area contributed by atoms with Crippen LogP contribution >= 0.6 is 0 Å². The summed E-state index contributed by atoms with van der Waals surface area (Å²) in [5.41, 5.74) is 0.175. The molecular weight excluding hydrogens is 214 g/mol. The molecule has 16 heavy (non-hydrogen) atoms. The molecule has 0 aromatic carbocycles. The van der Waals surface area contributed by atoms with Crippen LogP contribution in [0.2, 0.25) is 0 Å². The zero-order valence-electron chi connectivity index (χ0n) is 8.17. The van der Waals surface area contributed by atoms with Gasteiger partial charge in [-0.1, -0.05) is 0 Å². The number of hydrogen-bond donors (Lipinski definition) is 3. The summed E-state index contributed by atoms with van der Waals surface area (Å²) in [5.74, 6) is -1.16. The first kappa shape index (κ1) is 10.4. The summed E-state index contributed by atoms with van der Waals surface area (Å²) in [6.45, 7) is -0.151. The second-order valence-corrected chi connectivity index (χ2v) is 3.25. The van der Waals surface area contributed by atoms with Gasteiger partial charge in [-0.15, -0.1) is 0 Å². The quantitative estimate of drug-likeness (QED) is 0.634. The number of aromatic carboxylic acids is 1. The lowest BCUT2D eigenvalue weighted by molar-refractivity contribution is 0.0690.